The summed E-state index contributed by atoms with van der Waals surface area (Å²) >= 11 is 5.75. The minimum atomic E-state index is -1.04. The van der Waals surface area contributed by atoms with Crippen molar-refractivity contribution in [2.24, 2.45) is 0 Å². The first-order chi connectivity index (χ1) is 8.16. The van der Waals surface area contributed by atoms with Crippen LogP contribution in [0.5, 0.6) is 0 Å². The molecule has 0 aliphatic heterocycles. The lowest BCUT2D eigenvalue weighted by atomic mass is 10.0. The van der Waals surface area contributed by atoms with Gasteiger partial charge in [-0.2, -0.15) is 0 Å². The Morgan fingerprint density at radius 1 is 1.53 bits per heavy atom. The monoisotopic (exact) mass is 252 g/mol. The summed E-state index contributed by atoms with van der Waals surface area (Å²) in [7, 11) is 0. The summed E-state index contributed by atoms with van der Waals surface area (Å²) in [6.07, 6.45) is 8.64. The number of carbonyl (C=O) groups is 1. The third kappa shape index (κ3) is 2.97. The van der Waals surface area contributed by atoms with Crippen LogP contribution in [0.1, 0.15) is 29.6 Å². The number of nitrogens with zero attached hydrogens (tertiary/aromatic N) is 1. The Bertz CT molecular complexity index is 460. The van der Waals surface area contributed by atoms with Gasteiger partial charge in [0.05, 0.1) is 10.6 Å². The van der Waals surface area contributed by atoms with Crippen molar-refractivity contribution in [1.29, 1.82) is 0 Å². The minimum absolute atomic E-state index is 0.0792. The highest BCUT2D eigenvalue weighted by molar-refractivity contribution is 6.33. The van der Waals surface area contributed by atoms with E-state index < -0.39 is 5.97 Å². The molecule has 0 spiro atoms. The number of halogens is 1. The van der Waals surface area contributed by atoms with Crippen molar-refractivity contribution in [2.75, 3.05) is 5.32 Å². The number of rotatable bonds is 3. The maximum atomic E-state index is 10.9. The highest BCUT2D eigenvalue weighted by atomic mass is 35.5. The van der Waals surface area contributed by atoms with Crippen molar-refractivity contribution < 1.29 is 9.90 Å². The Morgan fingerprint density at radius 3 is 3.00 bits per heavy atom. The summed E-state index contributed by atoms with van der Waals surface area (Å²) in [6.45, 7) is 0. The molecule has 0 aromatic carbocycles. The average molecular weight is 253 g/mol. The lowest BCUT2D eigenvalue weighted by Gasteiger charge is -2.20. The topological polar surface area (TPSA) is 62.2 Å². The van der Waals surface area contributed by atoms with E-state index >= 15 is 0 Å². The summed E-state index contributed by atoms with van der Waals surface area (Å²) in [6, 6.07) is 1.79. The molecule has 1 aromatic rings. The van der Waals surface area contributed by atoms with E-state index in [0.29, 0.717) is 11.9 Å². The lowest BCUT2D eigenvalue weighted by molar-refractivity contribution is 0.0697. The lowest BCUT2D eigenvalue weighted by Crippen LogP contribution is -2.21. The second-order valence-electron chi connectivity index (χ2n) is 3.98. The van der Waals surface area contributed by atoms with Gasteiger partial charge in [0.1, 0.15) is 5.82 Å². The molecule has 1 unspecified atom stereocenters. The fourth-order valence-electron chi connectivity index (χ4n) is 1.82. The maximum absolute atomic E-state index is 10.9. The molecular weight excluding hydrogens is 240 g/mol. The standard InChI is InChI=1S/C12H13ClN2O2/c13-10-7-14-11(6-9(10)12(16)17)15-8-4-2-1-3-5-8/h1-2,6-8H,3-5H2,(H,14,15)(H,16,17). The van der Waals surface area contributed by atoms with Crippen LogP contribution in [0.15, 0.2) is 24.4 Å². The molecule has 0 saturated carbocycles. The van der Waals surface area contributed by atoms with E-state index in [2.05, 4.69) is 22.5 Å². The van der Waals surface area contributed by atoms with Crippen LogP contribution in [0, 0.1) is 0 Å². The molecule has 90 valence electrons. The van der Waals surface area contributed by atoms with Crippen LogP contribution in [0.2, 0.25) is 5.02 Å². The number of hydrogen-bond donors (Lipinski definition) is 2. The van der Waals surface area contributed by atoms with Crippen molar-refractivity contribution >= 4 is 23.4 Å². The first-order valence-electron chi connectivity index (χ1n) is 5.47. The fraction of sp³-hybridized carbons (Fsp3) is 0.333. The van der Waals surface area contributed by atoms with E-state index in [4.69, 9.17) is 16.7 Å². The molecule has 1 aliphatic carbocycles. The van der Waals surface area contributed by atoms with Crippen LogP contribution in [0.25, 0.3) is 0 Å². The van der Waals surface area contributed by atoms with Gasteiger partial charge in [-0.15, -0.1) is 0 Å². The van der Waals surface area contributed by atoms with Gasteiger partial charge >= 0.3 is 5.97 Å². The third-order valence-corrected chi connectivity index (χ3v) is 3.01. The van der Waals surface area contributed by atoms with Gasteiger partial charge in [0.2, 0.25) is 0 Å². The molecule has 0 saturated heterocycles. The molecule has 1 aromatic heterocycles. The molecule has 17 heavy (non-hydrogen) atoms. The third-order valence-electron chi connectivity index (χ3n) is 2.71. The van der Waals surface area contributed by atoms with Gasteiger partial charge in [-0.1, -0.05) is 23.8 Å². The summed E-state index contributed by atoms with van der Waals surface area (Å²) in [5, 5.41) is 12.3. The highest BCUT2D eigenvalue weighted by Gasteiger charge is 2.13. The molecule has 5 heteroatoms. The number of nitrogens with one attached hydrogen (secondary N) is 1. The molecule has 1 atom stereocenters. The van der Waals surface area contributed by atoms with Crippen molar-refractivity contribution in [3.8, 4) is 0 Å². The second kappa shape index (κ2) is 5.19. The first-order valence-corrected chi connectivity index (χ1v) is 5.85. The number of hydrogen-bond acceptors (Lipinski definition) is 3. The van der Waals surface area contributed by atoms with Gasteiger partial charge in [-0.25, -0.2) is 9.78 Å². The molecule has 1 aliphatic rings. The van der Waals surface area contributed by atoms with E-state index in [1.54, 1.807) is 0 Å². The number of carboxylic acids is 1. The molecule has 0 bridgehead atoms. The molecule has 1 heterocycles. The van der Waals surface area contributed by atoms with Crippen molar-refractivity contribution in [2.45, 2.75) is 25.3 Å². The summed E-state index contributed by atoms with van der Waals surface area (Å²) in [5.74, 6) is -0.476. The number of aromatic carboxylic acids is 1. The fourth-order valence-corrected chi connectivity index (χ4v) is 2.00. The van der Waals surface area contributed by atoms with E-state index in [9.17, 15) is 4.79 Å². The largest absolute Gasteiger partial charge is 0.478 e. The Balaban J connectivity index is 2.13. The quantitative estimate of drug-likeness (QED) is 0.812. The molecular formula is C12H13ClN2O2. The predicted octanol–water partition coefficient (Wildman–Crippen LogP) is 2.95. The van der Waals surface area contributed by atoms with Gasteiger partial charge < -0.3 is 10.4 Å². The zero-order valence-corrected chi connectivity index (χ0v) is 9.94. The SMILES string of the molecule is O=C(O)c1cc(NC2CC=CCC2)ncc1Cl. The predicted molar refractivity (Wildman–Crippen MR) is 66.6 cm³/mol. The molecule has 2 N–H and O–H groups in total. The van der Waals surface area contributed by atoms with Crippen LogP contribution < -0.4 is 5.32 Å². The van der Waals surface area contributed by atoms with Gasteiger partial charge in [-0.05, 0) is 25.3 Å². The number of anilines is 1. The smallest absolute Gasteiger partial charge is 0.337 e. The number of aromatic nitrogens is 1. The number of carboxylic acid groups (broad SMARTS) is 1. The van der Waals surface area contributed by atoms with Crippen LogP contribution in [0.3, 0.4) is 0 Å². The van der Waals surface area contributed by atoms with Crippen LogP contribution in [0.4, 0.5) is 5.82 Å². The zero-order valence-electron chi connectivity index (χ0n) is 9.19. The molecule has 0 fully saturated rings. The Hall–Kier alpha value is -1.55. The van der Waals surface area contributed by atoms with Crippen molar-refractivity contribution in [3.05, 3.63) is 35.0 Å². The normalized spacial score (nSPS) is 19.0. The van der Waals surface area contributed by atoms with Gasteiger partial charge in [-0.3, -0.25) is 0 Å². The molecule has 2 rings (SSSR count). The van der Waals surface area contributed by atoms with E-state index in [0.717, 1.165) is 19.3 Å². The Labute approximate surface area is 104 Å². The zero-order chi connectivity index (χ0) is 12.3. The Morgan fingerprint density at radius 2 is 2.35 bits per heavy atom. The van der Waals surface area contributed by atoms with Gasteiger partial charge in [0.15, 0.2) is 0 Å². The van der Waals surface area contributed by atoms with E-state index in [-0.39, 0.29) is 10.6 Å². The minimum Gasteiger partial charge on any atom is -0.478 e. The van der Waals surface area contributed by atoms with Crippen LogP contribution in [-0.2, 0) is 0 Å². The summed E-state index contributed by atoms with van der Waals surface area (Å²) in [5.41, 5.74) is 0.0792. The maximum Gasteiger partial charge on any atom is 0.337 e. The summed E-state index contributed by atoms with van der Waals surface area (Å²) < 4.78 is 0. The average Bonchev–Trinajstić information content (AvgIpc) is 2.32. The van der Waals surface area contributed by atoms with Crippen molar-refractivity contribution in [1.82, 2.24) is 4.98 Å². The first kappa shape index (κ1) is 11.9. The highest BCUT2D eigenvalue weighted by Crippen LogP contribution is 2.20. The van der Waals surface area contributed by atoms with Gasteiger partial charge in [0, 0.05) is 12.2 Å². The number of allylic oxidation sites excluding steroid dienone is 1. The van der Waals surface area contributed by atoms with Crippen LogP contribution in [-0.4, -0.2) is 22.1 Å². The van der Waals surface area contributed by atoms with Crippen LogP contribution >= 0.6 is 11.6 Å². The molecule has 0 amide bonds. The molecule has 0 radical (unpaired) electrons. The number of pyridine rings is 1. The van der Waals surface area contributed by atoms with E-state index in [1.165, 1.54) is 12.3 Å². The summed E-state index contributed by atoms with van der Waals surface area (Å²) in [4.78, 5) is 15.0. The second-order valence-corrected chi connectivity index (χ2v) is 4.39. The Kier molecular flexibility index (Phi) is 3.64. The van der Waals surface area contributed by atoms with E-state index in [1.807, 2.05) is 0 Å². The molecule has 4 nitrogen and oxygen atoms in total. The van der Waals surface area contributed by atoms with Gasteiger partial charge in [0.25, 0.3) is 0 Å². The van der Waals surface area contributed by atoms with Crippen molar-refractivity contribution in [3.63, 3.8) is 0 Å².